The SMILES string of the molecule is Cc1cc(C(=O)NC2CCCCC2)ccc1NCC(=O)NC1(C#N)CCCC1. The van der Waals surface area contributed by atoms with Gasteiger partial charge in [0.1, 0.15) is 5.54 Å². The van der Waals surface area contributed by atoms with Crippen LogP contribution in [0.25, 0.3) is 0 Å². The predicted molar refractivity (Wildman–Crippen MR) is 109 cm³/mol. The molecule has 0 heterocycles. The molecule has 2 saturated carbocycles. The molecule has 1 aromatic rings. The Bertz CT molecular complexity index is 756. The van der Waals surface area contributed by atoms with Crippen LogP contribution in [0.2, 0.25) is 0 Å². The number of rotatable bonds is 6. The number of carbonyl (C=O) groups excluding carboxylic acids is 2. The molecule has 0 bridgehead atoms. The Balaban J connectivity index is 1.53. The number of anilines is 1. The first-order chi connectivity index (χ1) is 13.5. The normalized spacial score (nSPS) is 18.9. The van der Waals surface area contributed by atoms with Gasteiger partial charge in [0.25, 0.3) is 5.91 Å². The minimum atomic E-state index is -0.700. The Morgan fingerprint density at radius 3 is 2.50 bits per heavy atom. The average Bonchev–Trinajstić information content (AvgIpc) is 3.16. The lowest BCUT2D eigenvalue weighted by molar-refractivity contribution is -0.120. The summed E-state index contributed by atoms with van der Waals surface area (Å²) in [6.07, 6.45) is 9.14. The van der Waals surface area contributed by atoms with Crippen molar-refractivity contribution in [3.8, 4) is 6.07 Å². The maximum absolute atomic E-state index is 12.5. The number of nitriles is 1. The third-order valence-corrected chi connectivity index (χ3v) is 5.92. The molecule has 6 heteroatoms. The van der Waals surface area contributed by atoms with Gasteiger partial charge in [-0.1, -0.05) is 19.3 Å². The molecule has 28 heavy (non-hydrogen) atoms. The highest BCUT2D eigenvalue weighted by Gasteiger charge is 2.35. The summed E-state index contributed by atoms with van der Waals surface area (Å²) in [5, 5.41) is 18.5. The van der Waals surface area contributed by atoms with Gasteiger partial charge in [0.15, 0.2) is 0 Å². The lowest BCUT2D eigenvalue weighted by Gasteiger charge is -2.23. The standard InChI is InChI=1S/C22H30N4O2/c1-16-13-17(21(28)25-18-7-3-2-4-8-18)9-10-19(16)24-14-20(27)26-22(15-23)11-5-6-12-22/h9-10,13,18,24H,2-8,11-12,14H2,1H3,(H,25,28)(H,26,27). The fraction of sp³-hybridized carbons (Fsp3) is 0.591. The molecule has 2 fully saturated rings. The summed E-state index contributed by atoms with van der Waals surface area (Å²) in [4.78, 5) is 24.7. The van der Waals surface area contributed by atoms with Crippen molar-refractivity contribution in [3.05, 3.63) is 29.3 Å². The maximum Gasteiger partial charge on any atom is 0.251 e. The first-order valence-electron chi connectivity index (χ1n) is 10.4. The van der Waals surface area contributed by atoms with E-state index in [-0.39, 0.29) is 24.4 Å². The average molecular weight is 383 g/mol. The molecule has 0 unspecified atom stereocenters. The smallest absolute Gasteiger partial charge is 0.251 e. The van der Waals surface area contributed by atoms with Crippen LogP contribution in [0.4, 0.5) is 5.69 Å². The van der Waals surface area contributed by atoms with Crippen molar-refractivity contribution in [1.82, 2.24) is 10.6 Å². The molecule has 3 rings (SSSR count). The second-order valence-corrected chi connectivity index (χ2v) is 8.14. The third-order valence-electron chi connectivity index (χ3n) is 5.92. The van der Waals surface area contributed by atoms with Gasteiger partial charge in [-0.05, 0) is 69.2 Å². The fourth-order valence-electron chi connectivity index (χ4n) is 4.25. The van der Waals surface area contributed by atoms with Crippen molar-refractivity contribution < 1.29 is 9.59 Å². The summed E-state index contributed by atoms with van der Waals surface area (Å²) < 4.78 is 0. The molecule has 150 valence electrons. The highest BCUT2D eigenvalue weighted by molar-refractivity contribution is 5.95. The van der Waals surface area contributed by atoms with E-state index in [4.69, 9.17) is 0 Å². The number of aryl methyl sites for hydroxylation is 1. The van der Waals surface area contributed by atoms with Gasteiger partial charge in [-0.15, -0.1) is 0 Å². The molecule has 0 aliphatic heterocycles. The van der Waals surface area contributed by atoms with Crippen LogP contribution in [-0.4, -0.2) is 29.9 Å². The molecule has 0 radical (unpaired) electrons. The number of carbonyl (C=O) groups is 2. The van der Waals surface area contributed by atoms with E-state index in [0.29, 0.717) is 5.56 Å². The van der Waals surface area contributed by atoms with Crippen LogP contribution in [-0.2, 0) is 4.79 Å². The highest BCUT2D eigenvalue weighted by Crippen LogP contribution is 2.28. The van der Waals surface area contributed by atoms with Gasteiger partial charge in [0, 0.05) is 17.3 Å². The number of benzene rings is 1. The quantitative estimate of drug-likeness (QED) is 0.703. The summed E-state index contributed by atoms with van der Waals surface area (Å²) in [7, 11) is 0. The van der Waals surface area contributed by atoms with Crippen LogP contribution in [0, 0.1) is 18.3 Å². The van der Waals surface area contributed by atoms with E-state index < -0.39 is 5.54 Å². The van der Waals surface area contributed by atoms with E-state index in [0.717, 1.165) is 49.8 Å². The zero-order chi connectivity index (χ0) is 20.0. The van der Waals surface area contributed by atoms with Gasteiger partial charge in [-0.2, -0.15) is 5.26 Å². The summed E-state index contributed by atoms with van der Waals surface area (Å²) in [5.41, 5.74) is 1.68. The number of hydrogen-bond acceptors (Lipinski definition) is 4. The molecule has 2 aliphatic carbocycles. The molecule has 2 amide bonds. The van der Waals surface area contributed by atoms with Crippen molar-refractivity contribution in [2.75, 3.05) is 11.9 Å². The summed E-state index contributed by atoms with van der Waals surface area (Å²) in [6.45, 7) is 2.03. The van der Waals surface area contributed by atoms with Crippen LogP contribution < -0.4 is 16.0 Å². The Morgan fingerprint density at radius 2 is 1.86 bits per heavy atom. The van der Waals surface area contributed by atoms with Gasteiger partial charge < -0.3 is 16.0 Å². The van der Waals surface area contributed by atoms with Gasteiger partial charge in [-0.25, -0.2) is 0 Å². The Morgan fingerprint density at radius 1 is 1.14 bits per heavy atom. The predicted octanol–water partition coefficient (Wildman–Crippen LogP) is 3.42. The van der Waals surface area contributed by atoms with E-state index in [9.17, 15) is 14.9 Å². The number of nitrogens with one attached hydrogen (secondary N) is 3. The van der Waals surface area contributed by atoms with Gasteiger partial charge in [-0.3, -0.25) is 9.59 Å². The molecule has 1 aromatic carbocycles. The molecule has 0 aromatic heterocycles. The molecule has 6 nitrogen and oxygen atoms in total. The molecule has 0 atom stereocenters. The molecular weight excluding hydrogens is 352 g/mol. The van der Waals surface area contributed by atoms with Crippen LogP contribution in [0.1, 0.15) is 73.7 Å². The number of nitrogens with zero attached hydrogens (tertiary/aromatic N) is 1. The van der Waals surface area contributed by atoms with Crippen molar-refractivity contribution in [3.63, 3.8) is 0 Å². The molecule has 3 N–H and O–H groups in total. The fourth-order valence-corrected chi connectivity index (χ4v) is 4.25. The maximum atomic E-state index is 12.5. The van der Waals surface area contributed by atoms with Crippen molar-refractivity contribution in [2.24, 2.45) is 0 Å². The molecule has 2 aliphatic rings. The first-order valence-corrected chi connectivity index (χ1v) is 10.4. The van der Waals surface area contributed by atoms with Gasteiger partial charge >= 0.3 is 0 Å². The zero-order valence-corrected chi connectivity index (χ0v) is 16.6. The zero-order valence-electron chi connectivity index (χ0n) is 16.6. The van der Waals surface area contributed by atoms with E-state index in [1.165, 1.54) is 19.3 Å². The van der Waals surface area contributed by atoms with Crippen molar-refractivity contribution in [1.29, 1.82) is 5.26 Å². The van der Waals surface area contributed by atoms with Gasteiger partial charge in [0.05, 0.1) is 12.6 Å². The number of hydrogen-bond donors (Lipinski definition) is 3. The molecule has 0 spiro atoms. The monoisotopic (exact) mass is 382 g/mol. The largest absolute Gasteiger partial charge is 0.376 e. The Hall–Kier alpha value is -2.55. The molecular formula is C22H30N4O2. The number of amides is 2. The third kappa shape index (κ3) is 5.03. The lowest BCUT2D eigenvalue weighted by Crippen LogP contribution is -2.47. The summed E-state index contributed by atoms with van der Waals surface area (Å²) >= 11 is 0. The minimum absolute atomic E-state index is 0.0310. The van der Waals surface area contributed by atoms with E-state index in [2.05, 4.69) is 22.0 Å². The van der Waals surface area contributed by atoms with E-state index in [1.54, 1.807) is 6.07 Å². The van der Waals surface area contributed by atoms with Gasteiger partial charge in [0.2, 0.25) is 5.91 Å². The van der Waals surface area contributed by atoms with Crippen LogP contribution in [0.15, 0.2) is 18.2 Å². The lowest BCUT2D eigenvalue weighted by atomic mass is 9.95. The Labute approximate surface area is 167 Å². The summed E-state index contributed by atoms with van der Waals surface area (Å²) in [5.74, 6) is -0.210. The highest BCUT2D eigenvalue weighted by atomic mass is 16.2. The first kappa shape index (κ1) is 20.2. The summed E-state index contributed by atoms with van der Waals surface area (Å²) in [6, 6.07) is 8.04. The van der Waals surface area contributed by atoms with Crippen LogP contribution >= 0.6 is 0 Å². The van der Waals surface area contributed by atoms with E-state index in [1.807, 2.05) is 19.1 Å². The topological polar surface area (TPSA) is 94.0 Å². The van der Waals surface area contributed by atoms with Crippen LogP contribution in [0.5, 0.6) is 0 Å². The Kier molecular flexibility index (Phi) is 6.56. The molecule has 0 saturated heterocycles. The van der Waals surface area contributed by atoms with E-state index >= 15 is 0 Å². The second-order valence-electron chi connectivity index (χ2n) is 8.14. The van der Waals surface area contributed by atoms with Crippen LogP contribution in [0.3, 0.4) is 0 Å². The van der Waals surface area contributed by atoms with Crippen molar-refractivity contribution >= 4 is 17.5 Å². The van der Waals surface area contributed by atoms with Crippen molar-refractivity contribution in [2.45, 2.75) is 76.3 Å². The minimum Gasteiger partial charge on any atom is -0.376 e. The second kappa shape index (κ2) is 9.09.